The summed E-state index contributed by atoms with van der Waals surface area (Å²) in [6.45, 7) is 3.97. The summed E-state index contributed by atoms with van der Waals surface area (Å²) in [5.41, 5.74) is 3.00. The smallest absolute Gasteiger partial charge is 0.256 e. The summed E-state index contributed by atoms with van der Waals surface area (Å²) in [5, 5.41) is 14.5. The average Bonchev–Trinajstić information content (AvgIpc) is 2.49. The van der Waals surface area contributed by atoms with Crippen molar-refractivity contribution in [3.8, 4) is 11.6 Å². The minimum absolute atomic E-state index is 0.457. The highest BCUT2D eigenvalue weighted by atomic mass is 79.9. The van der Waals surface area contributed by atoms with E-state index in [0.717, 1.165) is 21.3 Å². The van der Waals surface area contributed by atoms with Crippen molar-refractivity contribution in [3.63, 3.8) is 0 Å². The highest BCUT2D eigenvalue weighted by Gasteiger charge is 2.17. The molecule has 0 aliphatic carbocycles. The second-order valence-electron chi connectivity index (χ2n) is 3.38. The molecule has 0 amide bonds. The second-order valence-corrected chi connectivity index (χ2v) is 4.23. The summed E-state index contributed by atoms with van der Waals surface area (Å²) in [7, 11) is 0. The van der Waals surface area contributed by atoms with Gasteiger partial charge < -0.3 is 9.63 Å². The lowest BCUT2D eigenvalue weighted by atomic mass is 10.1. The van der Waals surface area contributed by atoms with Crippen molar-refractivity contribution in [2.45, 2.75) is 13.8 Å². The van der Waals surface area contributed by atoms with Crippen LogP contribution in [0.25, 0.3) is 5.69 Å². The summed E-state index contributed by atoms with van der Waals surface area (Å²) >= 11 is 3.44. The van der Waals surface area contributed by atoms with Gasteiger partial charge in [0.1, 0.15) is 5.95 Å². The molecule has 0 N–H and O–H groups in total. The number of aromatic nitrogens is 2. The molecule has 1 heterocycles. The third-order valence-corrected chi connectivity index (χ3v) is 2.68. The highest BCUT2D eigenvalue weighted by molar-refractivity contribution is 9.10. The molecular formula is C10H9BrN2O2. The minimum atomic E-state index is -0.457. The summed E-state index contributed by atoms with van der Waals surface area (Å²) in [6.07, 6.45) is 1.31. The van der Waals surface area contributed by atoms with Crippen LogP contribution < -0.4 is 9.79 Å². The van der Waals surface area contributed by atoms with Crippen LogP contribution in [0.3, 0.4) is 0 Å². The molecule has 0 aliphatic heterocycles. The van der Waals surface area contributed by atoms with Gasteiger partial charge in [0, 0.05) is 5.56 Å². The molecule has 5 heteroatoms. The number of halogens is 1. The first-order valence-electron chi connectivity index (χ1n) is 4.40. The molecule has 0 spiro atoms. The molecule has 1 aromatic carbocycles. The zero-order valence-electron chi connectivity index (χ0n) is 8.32. The van der Waals surface area contributed by atoms with E-state index in [-0.39, 0.29) is 0 Å². The van der Waals surface area contributed by atoms with E-state index in [4.69, 9.17) is 0 Å². The number of benzene rings is 1. The minimum Gasteiger partial charge on any atom is -0.539 e. The van der Waals surface area contributed by atoms with Gasteiger partial charge in [-0.1, -0.05) is 0 Å². The van der Waals surface area contributed by atoms with Gasteiger partial charge >= 0.3 is 0 Å². The lowest BCUT2D eigenvalue weighted by Gasteiger charge is -2.00. The van der Waals surface area contributed by atoms with E-state index in [2.05, 4.69) is 25.7 Å². The number of nitrogens with zero attached hydrogens (tertiary/aromatic N) is 2. The summed E-state index contributed by atoms with van der Waals surface area (Å²) in [4.78, 5) is 0. The van der Waals surface area contributed by atoms with Crippen LogP contribution in [-0.4, -0.2) is 5.27 Å². The third-order valence-electron chi connectivity index (χ3n) is 2.07. The largest absolute Gasteiger partial charge is 0.539 e. The molecule has 1 aromatic heterocycles. The van der Waals surface area contributed by atoms with Crippen molar-refractivity contribution in [3.05, 3.63) is 33.9 Å². The number of hydrogen-bond acceptors (Lipinski definition) is 3. The van der Waals surface area contributed by atoms with E-state index in [1.807, 2.05) is 26.0 Å². The van der Waals surface area contributed by atoms with Gasteiger partial charge in [0.05, 0.1) is 9.74 Å². The molecule has 2 rings (SSSR count). The normalized spacial score (nSPS) is 10.6. The van der Waals surface area contributed by atoms with Crippen molar-refractivity contribution < 1.29 is 14.3 Å². The Labute approximate surface area is 95.2 Å². The van der Waals surface area contributed by atoms with Crippen molar-refractivity contribution >= 4 is 15.9 Å². The van der Waals surface area contributed by atoms with Crippen molar-refractivity contribution in [2.75, 3.05) is 0 Å². The molecule has 0 aliphatic rings. The first-order chi connectivity index (χ1) is 7.08. The summed E-state index contributed by atoms with van der Waals surface area (Å²) < 4.78 is 6.81. The molecule has 78 valence electrons. The van der Waals surface area contributed by atoms with Gasteiger partial charge in [0.15, 0.2) is 0 Å². The van der Waals surface area contributed by atoms with Gasteiger partial charge in [-0.2, -0.15) is 0 Å². The van der Waals surface area contributed by atoms with E-state index in [0.29, 0.717) is 0 Å². The standard InChI is InChI=1S/C10H9BrN2O2/c1-6-3-7(2)10(8(11)4-6)13-5-9(14)15-12-13/h3-5H,1-2H3. The Morgan fingerprint density at radius 2 is 2.13 bits per heavy atom. The van der Waals surface area contributed by atoms with Crippen LogP contribution in [0.15, 0.2) is 27.3 Å². The Morgan fingerprint density at radius 3 is 2.67 bits per heavy atom. The van der Waals surface area contributed by atoms with Gasteiger partial charge in [-0.05, 0) is 52.2 Å². The fraction of sp³-hybridized carbons (Fsp3) is 0.200. The Balaban J connectivity index is 2.62. The lowest BCUT2D eigenvalue weighted by molar-refractivity contribution is -0.671. The quantitative estimate of drug-likeness (QED) is 0.735. The van der Waals surface area contributed by atoms with Crippen LogP contribution in [0.2, 0.25) is 0 Å². The maximum atomic E-state index is 10.9. The lowest BCUT2D eigenvalue weighted by Crippen LogP contribution is -2.33. The van der Waals surface area contributed by atoms with Crippen LogP contribution in [-0.2, 0) is 0 Å². The Hall–Kier alpha value is -1.36. The predicted octanol–water partition coefficient (Wildman–Crippen LogP) is 1.40. The van der Waals surface area contributed by atoms with Crippen molar-refractivity contribution in [2.24, 2.45) is 0 Å². The molecule has 0 atom stereocenters. The molecule has 0 radical (unpaired) electrons. The fourth-order valence-electron chi connectivity index (χ4n) is 1.53. The Bertz CT molecular complexity index is 485. The summed E-state index contributed by atoms with van der Waals surface area (Å²) in [5.74, 6) is -0.457. The molecule has 0 bridgehead atoms. The third kappa shape index (κ3) is 1.87. The zero-order valence-corrected chi connectivity index (χ0v) is 9.91. The van der Waals surface area contributed by atoms with E-state index in [9.17, 15) is 5.11 Å². The van der Waals surface area contributed by atoms with Gasteiger partial charge in [-0.15, -0.1) is 0 Å². The van der Waals surface area contributed by atoms with Crippen molar-refractivity contribution in [1.82, 2.24) is 5.27 Å². The van der Waals surface area contributed by atoms with Crippen LogP contribution in [0, 0.1) is 13.8 Å². The molecule has 2 aromatic rings. The topological polar surface area (TPSA) is 53.0 Å². The summed E-state index contributed by atoms with van der Waals surface area (Å²) in [6, 6.07) is 3.99. The Kier molecular flexibility index (Phi) is 2.48. The maximum absolute atomic E-state index is 10.9. The van der Waals surface area contributed by atoms with Crippen molar-refractivity contribution in [1.29, 1.82) is 0 Å². The van der Waals surface area contributed by atoms with Crippen LogP contribution in [0.5, 0.6) is 5.95 Å². The van der Waals surface area contributed by atoms with E-state index in [1.165, 1.54) is 10.9 Å². The molecule has 0 saturated heterocycles. The van der Waals surface area contributed by atoms with Crippen LogP contribution >= 0.6 is 15.9 Å². The van der Waals surface area contributed by atoms with Gasteiger partial charge in [-0.25, -0.2) is 0 Å². The highest BCUT2D eigenvalue weighted by Crippen LogP contribution is 2.22. The number of hydrogen-bond donors (Lipinski definition) is 0. The molecule has 0 fully saturated rings. The molecular weight excluding hydrogens is 260 g/mol. The number of aryl methyl sites for hydroxylation is 2. The monoisotopic (exact) mass is 268 g/mol. The molecule has 0 saturated carbocycles. The van der Waals surface area contributed by atoms with Crippen LogP contribution in [0.1, 0.15) is 11.1 Å². The first-order valence-corrected chi connectivity index (χ1v) is 5.20. The van der Waals surface area contributed by atoms with E-state index >= 15 is 0 Å². The van der Waals surface area contributed by atoms with Gasteiger partial charge in [-0.3, -0.25) is 0 Å². The predicted molar refractivity (Wildman–Crippen MR) is 54.7 cm³/mol. The van der Waals surface area contributed by atoms with E-state index < -0.39 is 5.95 Å². The number of rotatable bonds is 1. The first kappa shape index (κ1) is 10.2. The molecule has 15 heavy (non-hydrogen) atoms. The second kappa shape index (κ2) is 3.66. The SMILES string of the molecule is Cc1cc(C)c(-[n+]2cc([O-])on2)c(Br)c1. The molecule has 0 unspecified atom stereocenters. The fourth-order valence-corrected chi connectivity index (χ4v) is 2.39. The van der Waals surface area contributed by atoms with Gasteiger partial charge in [0.25, 0.3) is 5.69 Å². The Morgan fingerprint density at radius 1 is 1.40 bits per heavy atom. The average molecular weight is 269 g/mol. The molecule has 4 nitrogen and oxygen atoms in total. The van der Waals surface area contributed by atoms with Crippen LogP contribution in [0.4, 0.5) is 0 Å². The van der Waals surface area contributed by atoms with Gasteiger partial charge in [0.2, 0.25) is 6.20 Å². The zero-order chi connectivity index (χ0) is 11.0. The maximum Gasteiger partial charge on any atom is 0.256 e. The van der Waals surface area contributed by atoms with E-state index in [1.54, 1.807) is 0 Å².